The molecule has 0 heterocycles. The second-order valence-electron chi connectivity index (χ2n) is 2.07. The summed E-state index contributed by atoms with van der Waals surface area (Å²) in [7, 11) is -3.38. The topological polar surface area (TPSA) is 70.0 Å². The monoisotopic (exact) mass is 176 g/mol. The molecule has 5 heteroatoms. The van der Waals surface area contributed by atoms with E-state index in [0.717, 1.165) is 0 Å². The highest BCUT2D eigenvalue weighted by Gasteiger charge is 2.21. The van der Waals surface area contributed by atoms with Crippen LogP contribution in [0.4, 0.5) is 0 Å². The number of nitrogens with one attached hydrogen (secondary N) is 1. The maximum Gasteiger partial charge on any atom is 0.227 e. The van der Waals surface area contributed by atoms with Gasteiger partial charge in [-0.25, -0.2) is 13.1 Å². The standard InChI is InChI=1S/C6H12N2O2S/c1-3-6(5-7)11(9,10)8-4-2/h6,8H,3-4H2,1-2H3. The lowest BCUT2D eigenvalue weighted by molar-refractivity contribution is 0.575. The van der Waals surface area contributed by atoms with Crippen LogP contribution in [0.15, 0.2) is 0 Å². The number of hydrogen-bond donors (Lipinski definition) is 1. The van der Waals surface area contributed by atoms with E-state index in [9.17, 15) is 8.42 Å². The van der Waals surface area contributed by atoms with E-state index < -0.39 is 15.3 Å². The van der Waals surface area contributed by atoms with Crippen LogP contribution in [-0.4, -0.2) is 20.2 Å². The smallest absolute Gasteiger partial charge is 0.214 e. The van der Waals surface area contributed by atoms with Crippen molar-refractivity contribution in [1.29, 1.82) is 5.26 Å². The van der Waals surface area contributed by atoms with Crippen LogP contribution >= 0.6 is 0 Å². The van der Waals surface area contributed by atoms with Gasteiger partial charge in [0.25, 0.3) is 0 Å². The van der Waals surface area contributed by atoms with Crippen LogP contribution in [0.2, 0.25) is 0 Å². The molecule has 0 bridgehead atoms. The minimum absolute atomic E-state index is 0.325. The number of rotatable bonds is 4. The minimum atomic E-state index is -3.38. The number of hydrogen-bond acceptors (Lipinski definition) is 3. The molecule has 0 aliphatic rings. The predicted molar refractivity (Wildman–Crippen MR) is 42.3 cm³/mol. The first-order valence-corrected chi connectivity index (χ1v) is 5.01. The van der Waals surface area contributed by atoms with E-state index >= 15 is 0 Å². The first-order valence-electron chi connectivity index (χ1n) is 3.46. The molecule has 0 aromatic rings. The highest BCUT2D eigenvalue weighted by molar-refractivity contribution is 7.90. The Bertz CT molecular complexity index is 240. The molecule has 0 rings (SSSR count). The van der Waals surface area contributed by atoms with Gasteiger partial charge in [0.2, 0.25) is 10.0 Å². The van der Waals surface area contributed by atoms with Crippen LogP contribution in [-0.2, 0) is 10.0 Å². The van der Waals surface area contributed by atoms with E-state index in [1.807, 2.05) is 0 Å². The van der Waals surface area contributed by atoms with Crippen LogP contribution in [0.1, 0.15) is 20.3 Å². The number of nitrogens with zero attached hydrogens (tertiary/aromatic N) is 1. The third-order valence-electron chi connectivity index (χ3n) is 1.23. The maximum atomic E-state index is 11.1. The van der Waals surface area contributed by atoms with Crippen molar-refractivity contribution in [2.75, 3.05) is 6.54 Å². The van der Waals surface area contributed by atoms with Crippen LogP contribution in [0, 0.1) is 11.3 Å². The second kappa shape index (κ2) is 4.31. The Kier molecular flexibility index (Phi) is 4.08. The van der Waals surface area contributed by atoms with E-state index in [4.69, 9.17) is 5.26 Å². The molecule has 1 N–H and O–H groups in total. The van der Waals surface area contributed by atoms with Gasteiger partial charge < -0.3 is 0 Å². The third kappa shape index (κ3) is 2.87. The predicted octanol–water partition coefficient (Wildman–Crippen LogP) is 0.228. The summed E-state index contributed by atoms with van der Waals surface area (Å²) in [5, 5.41) is 7.50. The van der Waals surface area contributed by atoms with Gasteiger partial charge >= 0.3 is 0 Å². The van der Waals surface area contributed by atoms with Gasteiger partial charge in [-0.15, -0.1) is 0 Å². The summed E-state index contributed by atoms with van der Waals surface area (Å²) in [6.45, 7) is 3.69. The van der Waals surface area contributed by atoms with Crippen molar-refractivity contribution in [3.8, 4) is 6.07 Å². The second-order valence-corrected chi connectivity index (χ2v) is 4.02. The Labute approximate surface area is 67.3 Å². The van der Waals surface area contributed by atoms with Crippen molar-refractivity contribution in [3.63, 3.8) is 0 Å². The maximum absolute atomic E-state index is 11.1. The molecular weight excluding hydrogens is 164 g/mol. The lowest BCUT2D eigenvalue weighted by Crippen LogP contribution is -2.32. The summed E-state index contributed by atoms with van der Waals surface area (Å²) in [6, 6.07) is 1.73. The molecule has 4 nitrogen and oxygen atoms in total. The SMILES string of the molecule is CCNS(=O)(=O)C(C#N)CC. The van der Waals surface area contributed by atoms with Gasteiger partial charge in [0.1, 0.15) is 0 Å². The summed E-state index contributed by atoms with van der Waals surface area (Å²) >= 11 is 0. The van der Waals surface area contributed by atoms with Crippen molar-refractivity contribution in [2.45, 2.75) is 25.5 Å². The zero-order valence-corrected chi connectivity index (χ0v) is 7.48. The Morgan fingerprint density at radius 2 is 2.09 bits per heavy atom. The fourth-order valence-electron chi connectivity index (χ4n) is 0.682. The van der Waals surface area contributed by atoms with Gasteiger partial charge in [0.05, 0.1) is 6.07 Å². The zero-order chi connectivity index (χ0) is 8.91. The van der Waals surface area contributed by atoms with Crippen molar-refractivity contribution < 1.29 is 8.42 Å². The van der Waals surface area contributed by atoms with Crippen LogP contribution < -0.4 is 4.72 Å². The molecule has 1 unspecified atom stereocenters. The molecule has 0 saturated carbocycles. The molecule has 0 spiro atoms. The van der Waals surface area contributed by atoms with Crippen molar-refractivity contribution in [1.82, 2.24) is 4.72 Å². The van der Waals surface area contributed by atoms with Gasteiger partial charge in [0.15, 0.2) is 5.25 Å². The van der Waals surface area contributed by atoms with Crippen LogP contribution in [0.3, 0.4) is 0 Å². The Hall–Kier alpha value is -0.600. The first kappa shape index (κ1) is 10.4. The van der Waals surface area contributed by atoms with Crippen molar-refractivity contribution in [2.24, 2.45) is 0 Å². The number of sulfonamides is 1. The molecule has 11 heavy (non-hydrogen) atoms. The fraction of sp³-hybridized carbons (Fsp3) is 0.833. The van der Waals surface area contributed by atoms with Gasteiger partial charge in [-0.3, -0.25) is 0 Å². The highest BCUT2D eigenvalue weighted by Crippen LogP contribution is 2.01. The quantitative estimate of drug-likeness (QED) is 0.666. The third-order valence-corrected chi connectivity index (χ3v) is 3.11. The lowest BCUT2D eigenvalue weighted by atomic mass is 10.4. The van der Waals surface area contributed by atoms with Crippen LogP contribution in [0.5, 0.6) is 0 Å². The molecule has 0 aromatic carbocycles. The Balaban J connectivity index is 4.43. The van der Waals surface area contributed by atoms with E-state index in [2.05, 4.69) is 4.72 Å². The molecular formula is C6H12N2O2S. The van der Waals surface area contributed by atoms with E-state index in [0.29, 0.717) is 13.0 Å². The zero-order valence-electron chi connectivity index (χ0n) is 6.66. The van der Waals surface area contributed by atoms with E-state index in [1.54, 1.807) is 19.9 Å². The van der Waals surface area contributed by atoms with E-state index in [-0.39, 0.29) is 0 Å². The van der Waals surface area contributed by atoms with E-state index in [1.165, 1.54) is 0 Å². The molecule has 0 saturated heterocycles. The minimum Gasteiger partial charge on any atom is -0.214 e. The Morgan fingerprint density at radius 3 is 2.36 bits per heavy atom. The largest absolute Gasteiger partial charge is 0.227 e. The molecule has 0 fully saturated rings. The number of nitriles is 1. The summed E-state index contributed by atoms with van der Waals surface area (Å²) in [5.41, 5.74) is 0. The summed E-state index contributed by atoms with van der Waals surface area (Å²) < 4.78 is 24.4. The van der Waals surface area contributed by atoms with Gasteiger partial charge in [-0.2, -0.15) is 5.26 Å². The molecule has 0 radical (unpaired) electrons. The molecule has 1 atom stereocenters. The summed E-state index contributed by atoms with van der Waals surface area (Å²) in [5.74, 6) is 0. The lowest BCUT2D eigenvalue weighted by Gasteiger charge is -2.06. The van der Waals surface area contributed by atoms with Gasteiger partial charge in [0, 0.05) is 6.54 Å². The molecule has 0 aliphatic heterocycles. The van der Waals surface area contributed by atoms with Gasteiger partial charge in [-0.05, 0) is 6.42 Å². The van der Waals surface area contributed by atoms with Crippen molar-refractivity contribution >= 4 is 10.0 Å². The average Bonchev–Trinajstić information content (AvgIpc) is 1.89. The molecule has 64 valence electrons. The average molecular weight is 176 g/mol. The summed E-state index contributed by atoms with van der Waals surface area (Å²) in [6.07, 6.45) is 0.325. The van der Waals surface area contributed by atoms with Crippen LogP contribution in [0.25, 0.3) is 0 Å². The van der Waals surface area contributed by atoms with Crippen molar-refractivity contribution in [3.05, 3.63) is 0 Å². The molecule has 0 aliphatic carbocycles. The summed E-state index contributed by atoms with van der Waals surface area (Å²) in [4.78, 5) is 0. The van der Waals surface area contributed by atoms with Gasteiger partial charge in [-0.1, -0.05) is 13.8 Å². The molecule has 0 aromatic heterocycles. The Morgan fingerprint density at radius 1 is 1.55 bits per heavy atom. The first-order chi connectivity index (χ1) is 5.08. The normalized spacial score (nSPS) is 13.9. The molecule has 0 amide bonds. The fourth-order valence-corrected chi connectivity index (χ4v) is 1.86. The highest BCUT2D eigenvalue weighted by atomic mass is 32.2.